The number of esters is 1. The second-order valence-electron chi connectivity index (χ2n) is 17.8. The van der Waals surface area contributed by atoms with E-state index in [9.17, 15) is 27.6 Å². The molecule has 0 unspecified atom stereocenters. The van der Waals surface area contributed by atoms with Crippen LogP contribution >= 0.6 is 0 Å². The summed E-state index contributed by atoms with van der Waals surface area (Å²) in [6, 6.07) is 4.69. The highest BCUT2D eigenvalue weighted by atomic mass is 32.2. The van der Waals surface area contributed by atoms with E-state index >= 15 is 0 Å². The van der Waals surface area contributed by atoms with Gasteiger partial charge < -0.3 is 24.4 Å². The fraction of sp³-hybridized carbons (Fsp3) is 0.643. The molecule has 0 bridgehead atoms. The number of benzene rings is 1. The van der Waals surface area contributed by atoms with Crippen LogP contribution in [0.4, 0.5) is 0 Å². The van der Waals surface area contributed by atoms with E-state index in [0.29, 0.717) is 55.7 Å². The maximum atomic E-state index is 14.9. The molecule has 1 aromatic heterocycles. The first-order valence-electron chi connectivity index (χ1n) is 20.3. The van der Waals surface area contributed by atoms with Crippen molar-refractivity contribution < 1.29 is 41.8 Å². The Morgan fingerprint density at radius 3 is 2.55 bits per heavy atom. The molecule has 56 heavy (non-hydrogen) atoms. The maximum Gasteiger partial charge on any atom is 0.307 e. The van der Waals surface area contributed by atoms with E-state index in [4.69, 9.17) is 19.2 Å². The SMILES string of the molecule is COc1ccc2nc(C)c3c(c2c1)CC[C@]1(C[C@H]2C(=O)N[C@]4(C(=O)NS(=O)(=O)C5(C)CC5)C[C@H]4/C=C\CCCCC[C@H](CC(=O)OC4(C)CCC4)C(=O)N2C1)O3. The highest BCUT2D eigenvalue weighted by Gasteiger charge is 2.64. The third kappa shape index (κ3) is 7.04. The number of aryl methyl sites for hydroxylation is 2. The average molecular weight is 791 g/mol. The highest BCUT2D eigenvalue weighted by molar-refractivity contribution is 7.91. The van der Waals surface area contributed by atoms with Gasteiger partial charge in [-0.05, 0) is 110 Å². The van der Waals surface area contributed by atoms with Gasteiger partial charge in [0.15, 0.2) is 0 Å². The van der Waals surface area contributed by atoms with Crippen LogP contribution < -0.4 is 19.5 Å². The zero-order valence-electron chi connectivity index (χ0n) is 32.9. The monoisotopic (exact) mass is 790 g/mol. The van der Waals surface area contributed by atoms with E-state index < -0.39 is 67.2 Å². The van der Waals surface area contributed by atoms with Crippen molar-refractivity contribution in [2.45, 2.75) is 145 Å². The van der Waals surface area contributed by atoms with Crippen LogP contribution in [0.5, 0.6) is 11.5 Å². The molecule has 13 nitrogen and oxygen atoms in total. The Morgan fingerprint density at radius 2 is 1.84 bits per heavy atom. The fourth-order valence-corrected chi connectivity index (χ4v) is 10.5. The minimum atomic E-state index is -3.98. The van der Waals surface area contributed by atoms with Crippen molar-refractivity contribution in [3.63, 3.8) is 0 Å². The molecule has 3 amide bonds. The van der Waals surface area contributed by atoms with Crippen molar-refractivity contribution in [1.82, 2.24) is 19.9 Å². The van der Waals surface area contributed by atoms with Gasteiger partial charge in [-0.15, -0.1) is 0 Å². The molecule has 14 heteroatoms. The number of sulfonamides is 1. The summed E-state index contributed by atoms with van der Waals surface area (Å²) in [5, 5.41) is 3.89. The number of pyridine rings is 1. The summed E-state index contributed by atoms with van der Waals surface area (Å²) in [6.07, 6.45) is 12.3. The number of aromatic nitrogens is 1. The molecule has 1 saturated heterocycles. The van der Waals surface area contributed by atoms with Gasteiger partial charge in [-0.1, -0.05) is 25.0 Å². The standard InChI is InChI=1S/C42H54N4O9S/c1-26-35-30(31-22-29(53-4)13-14-32(31)43-26)15-18-41(55-35)24-33-36(48)44-42(38(50)45-56(51,52)40(3)19-20-40)23-28(42)12-9-7-5-6-8-11-27(37(49)46(33)25-41)21-34(47)54-39(2)16-10-17-39/h9,12-14,22,27-28,33H,5-8,10-11,15-21,23-25H2,1-4H3,(H,44,48)(H,45,50)/b12-9-/t27-,28-,33+,41-,42-/m1/s1. The molecule has 2 aromatic rings. The summed E-state index contributed by atoms with van der Waals surface area (Å²) in [5.41, 5.74) is -0.476. The van der Waals surface area contributed by atoms with Crippen molar-refractivity contribution in [3.05, 3.63) is 41.6 Å². The Morgan fingerprint density at radius 1 is 1.05 bits per heavy atom. The summed E-state index contributed by atoms with van der Waals surface area (Å²) in [6.45, 7) is 5.51. The van der Waals surface area contributed by atoms with Gasteiger partial charge in [-0.25, -0.2) is 13.4 Å². The normalized spacial score (nSPS) is 31.2. The minimum Gasteiger partial charge on any atom is -0.497 e. The first-order valence-corrected chi connectivity index (χ1v) is 21.8. The number of methoxy groups -OCH3 is 1. The van der Waals surface area contributed by atoms with Crippen LogP contribution in [0.1, 0.15) is 115 Å². The van der Waals surface area contributed by atoms with Crippen molar-refractivity contribution in [2.24, 2.45) is 11.8 Å². The maximum absolute atomic E-state index is 14.9. The third-order valence-electron chi connectivity index (χ3n) is 13.5. The lowest BCUT2D eigenvalue weighted by Gasteiger charge is -2.38. The zero-order chi connectivity index (χ0) is 39.7. The second kappa shape index (κ2) is 14.0. The van der Waals surface area contributed by atoms with Gasteiger partial charge in [-0.2, -0.15) is 0 Å². The van der Waals surface area contributed by atoms with E-state index in [0.717, 1.165) is 55.0 Å². The highest BCUT2D eigenvalue weighted by Crippen LogP contribution is 2.49. The zero-order valence-corrected chi connectivity index (χ0v) is 33.7. The number of nitrogens with zero attached hydrogens (tertiary/aromatic N) is 2. The van der Waals surface area contributed by atoms with Gasteiger partial charge in [0.2, 0.25) is 21.8 Å². The molecule has 5 atom stereocenters. The van der Waals surface area contributed by atoms with Gasteiger partial charge in [-0.3, -0.25) is 23.9 Å². The number of hydrogen-bond acceptors (Lipinski definition) is 10. The van der Waals surface area contributed by atoms with Gasteiger partial charge in [0.05, 0.1) is 36.0 Å². The van der Waals surface area contributed by atoms with Crippen LogP contribution in [0.15, 0.2) is 30.4 Å². The largest absolute Gasteiger partial charge is 0.497 e. The first kappa shape index (κ1) is 38.7. The van der Waals surface area contributed by atoms with Crippen LogP contribution in [0.25, 0.3) is 10.9 Å². The molecular formula is C42H54N4O9S. The Bertz CT molecular complexity index is 2110. The number of fused-ring (bicyclic) bond motifs is 5. The number of amides is 3. The lowest BCUT2D eigenvalue weighted by atomic mass is 9.82. The van der Waals surface area contributed by atoms with Crippen molar-refractivity contribution in [3.8, 4) is 11.5 Å². The molecule has 3 aliphatic carbocycles. The second-order valence-corrected chi connectivity index (χ2v) is 20.0. The smallest absolute Gasteiger partial charge is 0.307 e. The van der Waals surface area contributed by atoms with Gasteiger partial charge >= 0.3 is 5.97 Å². The predicted octanol–water partition coefficient (Wildman–Crippen LogP) is 5.10. The molecule has 0 radical (unpaired) electrons. The number of allylic oxidation sites excluding steroid dienone is 1. The summed E-state index contributed by atoms with van der Waals surface area (Å²) in [4.78, 5) is 63.4. The van der Waals surface area contributed by atoms with E-state index in [1.54, 1.807) is 18.9 Å². The van der Waals surface area contributed by atoms with E-state index in [1.807, 2.05) is 44.2 Å². The van der Waals surface area contributed by atoms with E-state index in [2.05, 4.69) is 10.0 Å². The summed E-state index contributed by atoms with van der Waals surface area (Å²) in [7, 11) is -2.36. The molecule has 8 rings (SSSR count). The molecule has 4 fully saturated rings. The Kier molecular flexibility index (Phi) is 9.68. The molecule has 302 valence electrons. The molecule has 1 aromatic carbocycles. The lowest BCUT2D eigenvalue weighted by molar-refractivity contribution is -0.169. The Balaban J connectivity index is 1.13. The van der Waals surface area contributed by atoms with E-state index in [-0.39, 0.29) is 31.7 Å². The summed E-state index contributed by atoms with van der Waals surface area (Å²) < 4.78 is 46.1. The number of rotatable bonds is 7. The molecule has 1 spiro atoms. The molecular weight excluding hydrogens is 737 g/mol. The summed E-state index contributed by atoms with van der Waals surface area (Å²) >= 11 is 0. The number of ether oxygens (including phenoxy) is 3. The van der Waals surface area contributed by atoms with Crippen LogP contribution in [0, 0.1) is 18.8 Å². The number of hydrogen-bond donors (Lipinski definition) is 2. The van der Waals surface area contributed by atoms with Crippen LogP contribution in [-0.4, -0.2) is 83.2 Å². The molecule has 4 heterocycles. The lowest BCUT2D eigenvalue weighted by Crippen LogP contribution is -2.57. The quantitative estimate of drug-likeness (QED) is 0.284. The summed E-state index contributed by atoms with van der Waals surface area (Å²) in [5.74, 6) is -1.89. The Hall–Kier alpha value is -4.20. The van der Waals surface area contributed by atoms with Crippen LogP contribution in [-0.2, 0) is 40.4 Å². The number of carbonyl (C=O) groups excluding carboxylic acids is 4. The van der Waals surface area contributed by atoms with Crippen LogP contribution in [0.3, 0.4) is 0 Å². The molecule has 3 saturated carbocycles. The van der Waals surface area contributed by atoms with Gasteiger partial charge in [0, 0.05) is 29.2 Å². The average Bonchev–Trinajstić information content (AvgIpc) is 4.04. The first-order chi connectivity index (χ1) is 26.6. The van der Waals surface area contributed by atoms with Gasteiger partial charge in [0.1, 0.15) is 34.3 Å². The Labute approximate surface area is 328 Å². The number of nitrogens with one attached hydrogen (secondary N) is 2. The topological polar surface area (TPSA) is 170 Å². The van der Waals surface area contributed by atoms with Gasteiger partial charge in [0.25, 0.3) is 5.91 Å². The molecule has 3 aliphatic heterocycles. The van der Waals surface area contributed by atoms with Crippen LogP contribution in [0.2, 0.25) is 0 Å². The minimum absolute atomic E-state index is 0.0947. The van der Waals surface area contributed by atoms with Crippen molar-refractivity contribution >= 4 is 44.6 Å². The van der Waals surface area contributed by atoms with Crippen molar-refractivity contribution in [2.75, 3.05) is 13.7 Å². The molecule has 2 N–H and O–H groups in total. The third-order valence-corrected chi connectivity index (χ3v) is 15.6. The van der Waals surface area contributed by atoms with Crippen molar-refractivity contribution in [1.29, 1.82) is 0 Å². The van der Waals surface area contributed by atoms with E-state index in [1.165, 1.54) is 0 Å². The predicted molar refractivity (Wildman–Crippen MR) is 207 cm³/mol. The fourth-order valence-electron chi connectivity index (χ4n) is 9.22. The molecule has 6 aliphatic rings. The number of carbonyl (C=O) groups is 4.